The minimum Gasteiger partial charge on any atom is -0.455 e. The van der Waals surface area contributed by atoms with Gasteiger partial charge in [0.25, 0.3) is 0 Å². The summed E-state index contributed by atoms with van der Waals surface area (Å²) in [6.07, 6.45) is -4.36. The number of aliphatic hydroxyl groups excluding tert-OH is 2. The van der Waals surface area contributed by atoms with E-state index < -0.39 is 88.3 Å². The fourth-order valence-electron chi connectivity index (χ4n) is 12.4. The van der Waals surface area contributed by atoms with Crippen molar-refractivity contribution in [3.63, 3.8) is 0 Å². The van der Waals surface area contributed by atoms with Crippen LogP contribution in [0.1, 0.15) is 50.4 Å². The molecule has 1 saturated heterocycles. The lowest BCUT2D eigenvalue weighted by molar-refractivity contribution is -0.321. The normalized spacial score (nSPS) is 50.7. The molecule has 1 aromatic carbocycles. The summed E-state index contributed by atoms with van der Waals surface area (Å²) < 4.78 is 31.5. The molecule has 0 aromatic heterocycles. The van der Waals surface area contributed by atoms with Crippen LogP contribution in [0, 0.1) is 34.5 Å². The first-order chi connectivity index (χ1) is 21.5. The molecule has 7 rings (SSSR count). The predicted molar refractivity (Wildman–Crippen MR) is 159 cm³/mol. The Morgan fingerprint density at radius 2 is 1.71 bits per heavy atom. The number of methoxy groups -OCH3 is 3. The highest BCUT2D eigenvalue weighted by molar-refractivity contribution is 5.89. The fraction of sp³-hybridized carbons (Fsp3) is 0.765. The van der Waals surface area contributed by atoms with Gasteiger partial charge in [0, 0.05) is 75.8 Å². The Hall–Kier alpha value is -2.12. The summed E-state index contributed by atoms with van der Waals surface area (Å²) in [7, 11) is 4.71. The molecule has 45 heavy (non-hydrogen) atoms. The van der Waals surface area contributed by atoms with Gasteiger partial charge in [0.05, 0.1) is 23.9 Å². The maximum Gasteiger partial charge on any atom is 0.338 e. The molecular formula is C34H47NO10. The zero-order valence-corrected chi connectivity index (χ0v) is 26.9. The highest BCUT2D eigenvalue weighted by Gasteiger charge is 2.92. The van der Waals surface area contributed by atoms with Crippen molar-refractivity contribution in [2.75, 3.05) is 34.4 Å². The van der Waals surface area contributed by atoms with E-state index in [1.54, 1.807) is 44.6 Å². The highest BCUT2D eigenvalue weighted by atomic mass is 16.6. The zero-order valence-electron chi connectivity index (χ0n) is 26.9. The van der Waals surface area contributed by atoms with Crippen molar-refractivity contribution >= 4 is 11.9 Å². The maximum absolute atomic E-state index is 13.7. The van der Waals surface area contributed by atoms with Crippen molar-refractivity contribution < 1.29 is 48.6 Å². The zero-order chi connectivity index (χ0) is 32.3. The second-order valence-electron chi connectivity index (χ2n) is 14.3. The predicted octanol–water partition coefficient (Wildman–Crippen LogP) is 1.41. The third kappa shape index (κ3) is 3.50. The van der Waals surface area contributed by atoms with Crippen LogP contribution in [0.25, 0.3) is 0 Å². The topological polar surface area (TPSA) is 144 Å². The van der Waals surface area contributed by atoms with Gasteiger partial charge in [0.1, 0.15) is 23.9 Å². The second-order valence-corrected chi connectivity index (χ2v) is 14.3. The van der Waals surface area contributed by atoms with Crippen LogP contribution in [0.4, 0.5) is 0 Å². The average Bonchev–Trinajstić information content (AvgIpc) is 3.40. The van der Waals surface area contributed by atoms with Crippen LogP contribution in [-0.4, -0.2) is 120 Å². The summed E-state index contributed by atoms with van der Waals surface area (Å²) in [6.45, 7) is 6.75. The first kappa shape index (κ1) is 31.5. The Morgan fingerprint density at radius 3 is 2.29 bits per heavy atom. The first-order valence-corrected chi connectivity index (χ1v) is 16.4. The van der Waals surface area contributed by atoms with Crippen molar-refractivity contribution in [1.29, 1.82) is 0 Å². The van der Waals surface area contributed by atoms with Crippen molar-refractivity contribution in [2.45, 2.75) is 93.9 Å². The van der Waals surface area contributed by atoms with Crippen molar-refractivity contribution in [2.24, 2.45) is 34.5 Å². The van der Waals surface area contributed by atoms with E-state index in [1.807, 2.05) is 0 Å². The van der Waals surface area contributed by atoms with Crippen LogP contribution in [-0.2, 0) is 28.5 Å². The molecule has 1 aliphatic heterocycles. The molecule has 1 aromatic rings. The molecule has 0 radical (unpaired) electrons. The molecule has 6 aliphatic rings. The number of rotatable bonds is 8. The standard InChI is InChI=1S/C34H47NO10/c1-7-31-16-35(8-2)26-23-24(42-5)25(31)33(26,21(41-4)14-20(31)37)19-15-32(40)28(44-30(39)18-12-10-9-11-13-18)22(19)34(23,45-17(3)36)27(38)29(32)43-6/h9-13,19-29,37-38,40H,7-8,14-16H2,1-6H3/t19-,20-,21+,22-,23?,24?,25-,26-,27+,28-,29+,31-,32-,33+,34-/m1/s1. The summed E-state index contributed by atoms with van der Waals surface area (Å²) in [5.41, 5.74) is -4.40. The molecule has 0 amide bonds. The number of benzene rings is 1. The van der Waals surface area contributed by atoms with Gasteiger partial charge in [-0.3, -0.25) is 9.69 Å². The molecule has 7 bridgehead atoms. The van der Waals surface area contributed by atoms with Crippen LogP contribution >= 0.6 is 0 Å². The lowest BCUT2D eigenvalue weighted by Gasteiger charge is -2.70. The van der Waals surface area contributed by atoms with Crippen molar-refractivity contribution in [3.05, 3.63) is 35.9 Å². The number of esters is 2. The molecule has 1 heterocycles. The van der Waals surface area contributed by atoms with E-state index in [2.05, 4.69) is 18.7 Å². The minimum atomic E-state index is -1.80. The second kappa shape index (κ2) is 10.4. The number of carbonyl (C=O) groups is 2. The molecule has 5 aliphatic carbocycles. The number of hydrogen-bond acceptors (Lipinski definition) is 11. The third-order valence-electron chi connectivity index (χ3n) is 13.4. The van der Waals surface area contributed by atoms with Gasteiger partial charge >= 0.3 is 11.9 Å². The summed E-state index contributed by atoms with van der Waals surface area (Å²) in [6, 6.07) is 8.29. The molecule has 11 nitrogen and oxygen atoms in total. The fourth-order valence-corrected chi connectivity index (χ4v) is 12.4. The van der Waals surface area contributed by atoms with E-state index in [4.69, 9.17) is 23.7 Å². The number of ether oxygens (including phenoxy) is 5. The van der Waals surface area contributed by atoms with Crippen molar-refractivity contribution in [3.8, 4) is 0 Å². The monoisotopic (exact) mass is 629 g/mol. The van der Waals surface area contributed by atoms with Crippen LogP contribution < -0.4 is 0 Å². The van der Waals surface area contributed by atoms with Gasteiger partial charge in [-0.15, -0.1) is 0 Å². The number of aliphatic hydroxyl groups is 3. The number of nitrogens with zero attached hydrogens (tertiary/aromatic N) is 1. The van der Waals surface area contributed by atoms with E-state index in [0.29, 0.717) is 31.5 Å². The lowest BCUT2D eigenvalue weighted by Crippen LogP contribution is -2.81. The molecule has 248 valence electrons. The molecule has 3 N–H and O–H groups in total. The average molecular weight is 630 g/mol. The van der Waals surface area contributed by atoms with Gasteiger partial charge in [-0.25, -0.2) is 4.79 Å². The van der Waals surface area contributed by atoms with Crippen LogP contribution in [0.5, 0.6) is 0 Å². The van der Waals surface area contributed by atoms with Crippen LogP contribution in [0.3, 0.4) is 0 Å². The number of carbonyl (C=O) groups excluding carboxylic acids is 2. The number of piperidine rings is 1. The van der Waals surface area contributed by atoms with Crippen LogP contribution in [0.2, 0.25) is 0 Å². The molecule has 11 heteroatoms. The molecule has 15 atom stereocenters. The van der Waals surface area contributed by atoms with Gasteiger partial charge < -0.3 is 39.0 Å². The van der Waals surface area contributed by atoms with E-state index in [1.165, 1.54) is 14.0 Å². The van der Waals surface area contributed by atoms with Gasteiger partial charge in [-0.1, -0.05) is 32.0 Å². The first-order valence-electron chi connectivity index (χ1n) is 16.4. The summed E-state index contributed by atoms with van der Waals surface area (Å²) in [5, 5.41) is 37.2. The highest BCUT2D eigenvalue weighted by Crippen LogP contribution is 2.81. The minimum absolute atomic E-state index is 0.118. The molecule has 6 fully saturated rings. The Labute approximate surface area is 264 Å². The summed E-state index contributed by atoms with van der Waals surface area (Å²) >= 11 is 0. The summed E-state index contributed by atoms with van der Waals surface area (Å²) in [5.74, 6) is -3.34. The van der Waals surface area contributed by atoms with E-state index in [0.717, 1.165) is 0 Å². The molecular weight excluding hydrogens is 582 g/mol. The number of fused-ring (bicyclic) bond motifs is 2. The third-order valence-corrected chi connectivity index (χ3v) is 13.4. The summed E-state index contributed by atoms with van der Waals surface area (Å²) in [4.78, 5) is 29.3. The van der Waals surface area contributed by atoms with E-state index in [-0.39, 0.29) is 18.4 Å². The number of hydrogen-bond donors (Lipinski definition) is 3. The smallest absolute Gasteiger partial charge is 0.338 e. The van der Waals surface area contributed by atoms with Crippen molar-refractivity contribution in [1.82, 2.24) is 4.90 Å². The van der Waals surface area contributed by atoms with Gasteiger partial charge in [-0.05, 0) is 37.4 Å². The Kier molecular flexibility index (Phi) is 7.30. The van der Waals surface area contributed by atoms with Gasteiger partial charge in [0.15, 0.2) is 5.60 Å². The van der Waals surface area contributed by atoms with E-state index >= 15 is 0 Å². The molecule has 5 saturated carbocycles. The Morgan fingerprint density at radius 1 is 1.00 bits per heavy atom. The van der Waals surface area contributed by atoms with Gasteiger partial charge in [0.2, 0.25) is 0 Å². The van der Waals surface area contributed by atoms with Crippen LogP contribution in [0.15, 0.2) is 30.3 Å². The Balaban J connectivity index is 1.53. The quantitative estimate of drug-likeness (QED) is 0.359. The van der Waals surface area contributed by atoms with E-state index in [9.17, 15) is 24.9 Å². The molecule has 1 spiro atoms. The maximum atomic E-state index is 13.7. The lowest BCUT2D eigenvalue weighted by atomic mass is 9.42. The van der Waals surface area contributed by atoms with Gasteiger partial charge in [-0.2, -0.15) is 0 Å². The number of likely N-dealkylation sites (tertiary alicyclic amines) is 1. The largest absolute Gasteiger partial charge is 0.455 e. The Bertz CT molecular complexity index is 1350. The SMILES string of the molecule is CCN1C[C@]2(CC)[C@H](O)C[C@H](OC)[C@@]34[C@@H]5C[C@@]6(O)[C@H](OC(=O)c7ccccc7)[C@@H]5[C@@](OC(C)=O)(C(C(OC)[C@H]23)[C@@H]14)[C@@H](O)[C@@H]6OC. The molecule has 2 unspecified atom stereocenters.